The molecule has 0 spiro atoms. The van der Waals surface area contributed by atoms with Gasteiger partial charge in [-0.25, -0.2) is 9.67 Å². The van der Waals surface area contributed by atoms with E-state index in [0.29, 0.717) is 17.9 Å². The summed E-state index contributed by atoms with van der Waals surface area (Å²) in [6, 6.07) is 5.38. The first kappa shape index (κ1) is 16.6. The molecular formula is C17H23N5O2. The molecule has 0 atom stereocenters. The normalized spacial score (nSPS) is 16.1. The quantitative estimate of drug-likeness (QED) is 0.890. The Labute approximate surface area is 141 Å². The zero-order valence-corrected chi connectivity index (χ0v) is 14.1. The Bertz CT molecular complexity index is 661. The molecule has 0 unspecified atom stereocenters. The van der Waals surface area contributed by atoms with Crippen LogP contribution in [-0.2, 0) is 4.74 Å². The van der Waals surface area contributed by atoms with Crippen molar-refractivity contribution in [3.63, 3.8) is 0 Å². The number of nitrogens with one attached hydrogen (secondary N) is 1. The maximum atomic E-state index is 12.4. The lowest BCUT2D eigenvalue weighted by atomic mass is 10.0. The van der Waals surface area contributed by atoms with Crippen LogP contribution in [0, 0.1) is 0 Å². The number of rotatable bonds is 5. The maximum absolute atomic E-state index is 12.4. The SMILES string of the molecule is CC(C)(CNC(=O)c1ccc(-n2cccn2)nc1)N1CCOCC1. The van der Waals surface area contributed by atoms with Crippen LogP contribution < -0.4 is 5.32 Å². The van der Waals surface area contributed by atoms with Gasteiger partial charge in [-0.3, -0.25) is 9.69 Å². The van der Waals surface area contributed by atoms with Crippen LogP contribution in [-0.4, -0.2) is 64.0 Å². The summed E-state index contributed by atoms with van der Waals surface area (Å²) in [5.41, 5.74) is 0.436. The molecule has 7 heteroatoms. The summed E-state index contributed by atoms with van der Waals surface area (Å²) < 4.78 is 7.04. The van der Waals surface area contributed by atoms with Gasteiger partial charge in [-0.15, -0.1) is 0 Å². The number of ether oxygens (including phenoxy) is 1. The minimum absolute atomic E-state index is 0.109. The highest BCUT2D eigenvalue weighted by Gasteiger charge is 2.28. The molecule has 7 nitrogen and oxygen atoms in total. The topological polar surface area (TPSA) is 72.3 Å². The van der Waals surface area contributed by atoms with Crippen molar-refractivity contribution < 1.29 is 9.53 Å². The standard InChI is InChI=1S/C17H23N5O2/c1-17(2,21-8-10-24-11-9-21)13-19-16(23)14-4-5-15(18-12-14)22-7-3-6-20-22/h3-7,12H,8-11,13H2,1-2H3,(H,19,23). The van der Waals surface area contributed by atoms with Crippen molar-refractivity contribution in [1.82, 2.24) is 25.0 Å². The van der Waals surface area contributed by atoms with Crippen LogP contribution in [0.25, 0.3) is 5.82 Å². The number of carbonyl (C=O) groups excluding carboxylic acids is 1. The summed E-state index contributed by atoms with van der Waals surface area (Å²) in [6.07, 6.45) is 5.08. The zero-order valence-electron chi connectivity index (χ0n) is 14.1. The predicted molar refractivity (Wildman–Crippen MR) is 90.2 cm³/mol. The molecule has 2 aromatic rings. The Balaban J connectivity index is 1.58. The number of amides is 1. The van der Waals surface area contributed by atoms with E-state index in [0.717, 1.165) is 26.3 Å². The van der Waals surface area contributed by atoms with Gasteiger partial charge in [0.25, 0.3) is 5.91 Å². The van der Waals surface area contributed by atoms with Gasteiger partial charge in [-0.2, -0.15) is 5.10 Å². The molecule has 2 aromatic heterocycles. The smallest absolute Gasteiger partial charge is 0.252 e. The molecule has 128 valence electrons. The lowest BCUT2D eigenvalue weighted by molar-refractivity contribution is -0.00923. The molecule has 0 radical (unpaired) electrons. The van der Waals surface area contributed by atoms with Gasteiger partial charge in [0, 0.05) is 43.8 Å². The van der Waals surface area contributed by atoms with Crippen molar-refractivity contribution in [3.05, 3.63) is 42.4 Å². The molecule has 3 rings (SSSR count). The fourth-order valence-corrected chi connectivity index (χ4v) is 2.74. The lowest BCUT2D eigenvalue weighted by Gasteiger charge is -2.40. The summed E-state index contributed by atoms with van der Waals surface area (Å²) in [7, 11) is 0. The zero-order chi connectivity index (χ0) is 17.0. The average Bonchev–Trinajstić information content (AvgIpc) is 3.15. The van der Waals surface area contributed by atoms with Gasteiger partial charge in [0.15, 0.2) is 5.82 Å². The van der Waals surface area contributed by atoms with Gasteiger partial charge in [-0.1, -0.05) is 0 Å². The number of pyridine rings is 1. The molecule has 0 aliphatic carbocycles. The molecule has 3 heterocycles. The molecule has 0 saturated carbocycles. The van der Waals surface area contributed by atoms with Gasteiger partial charge in [0.05, 0.1) is 18.8 Å². The van der Waals surface area contributed by atoms with Crippen molar-refractivity contribution in [2.75, 3.05) is 32.8 Å². The number of carbonyl (C=O) groups is 1. The fraction of sp³-hybridized carbons (Fsp3) is 0.471. The van der Waals surface area contributed by atoms with Crippen LogP contribution in [0.3, 0.4) is 0 Å². The molecule has 1 N–H and O–H groups in total. The summed E-state index contributed by atoms with van der Waals surface area (Å²) in [6.45, 7) is 8.13. The van der Waals surface area contributed by atoms with Crippen LogP contribution in [0.15, 0.2) is 36.8 Å². The average molecular weight is 329 g/mol. The third kappa shape index (κ3) is 3.80. The minimum atomic E-state index is -0.115. The van der Waals surface area contributed by atoms with Crippen molar-refractivity contribution in [2.24, 2.45) is 0 Å². The second kappa shape index (κ2) is 7.11. The van der Waals surface area contributed by atoms with E-state index >= 15 is 0 Å². The van der Waals surface area contributed by atoms with Gasteiger partial charge in [0.1, 0.15) is 0 Å². The highest BCUT2D eigenvalue weighted by molar-refractivity contribution is 5.93. The van der Waals surface area contributed by atoms with Crippen molar-refractivity contribution in [3.8, 4) is 5.82 Å². The molecule has 0 bridgehead atoms. The number of nitrogens with zero attached hydrogens (tertiary/aromatic N) is 4. The first-order valence-electron chi connectivity index (χ1n) is 8.13. The maximum Gasteiger partial charge on any atom is 0.252 e. The molecule has 1 amide bonds. The van der Waals surface area contributed by atoms with Gasteiger partial charge in [0.2, 0.25) is 0 Å². The monoisotopic (exact) mass is 329 g/mol. The molecule has 1 saturated heterocycles. The summed E-state index contributed by atoms with van der Waals surface area (Å²) in [4.78, 5) is 19.0. The van der Waals surface area contributed by atoms with Crippen molar-refractivity contribution >= 4 is 5.91 Å². The van der Waals surface area contributed by atoms with Crippen molar-refractivity contribution in [1.29, 1.82) is 0 Å². The van der Waals surface area contributed by atoms with Crippen LogP contribution in [0.5, 0.6) is 0 Å². The lowest BCUT2D eigenvalue weighted by Crippen LogP contribution is -2.55. The highest BCUT2D eigenvalue weighted by Crippen LogP contribution is 2.15. The summed E-state index contributed by atoms with van der Waals surface area (Å²) in [5.74, 6) is 0.570. The van der Waals surface area contributed by atoms with Crippen LogP contribution in [0.4, 0.5) is 0 Å². The minimum Gasteiger partial charge on any atom is -0.379 e. The fourth-order valence-electron chi connectivity index (χ4n) is 2.74. The Morgan fingerprint density at radius 2 is 2.12 bits per heavy atom. The van der Waals surface area contributed by atoms with E-state index < -0.39 is 0 Å². The second-order valence-corrected chi connectivity index (χ2v) is 6.45. The van der Waals surface area contributed by atoms with Crippen molar-refractivity contribution in [2.45, 2.75) is 19.4 Å². The van der Waals surface area contributed by atoms with Crippen LogP contribution in [0.1, 0.15) is 24.2 Å². The first-order valence-corrected chi connectivity index (χ1v) is 8.13. The molecule has 0 aromatic carbocycles. The van der Waals surface area contributed by atoms with Crippen LogP contribution >= 0.6 is 0 Å². The van der Waals surface area contributed by atoms with Gasteiger partial charge >= 0.3 is 0 Å². The Morgan fingerprint density at radius 3 is 2.75 bits per heavy atom. The molecule has 24 heavy (non-hydrogen) atoms. The number of aromatic nitrogens is 3. The van der Waals surface area contributed by atoms with E-state index in [1.54, 1.807) is 29.2 Å². The Hall–Kier alpha value is -2.25. The summed E-state index contributed by atoms with van der Waals surface area (Å²) >= 11 is 0. The Kier molecular flexibility index (Phi) is 4.92. The Morgan fingerprint density at radius 1 is 1.33 bits per heavy atom. The van der Waals surface area contributed by atoms with Crippen LogP contribution in [0.2, 0.25) is 0 Å². The van der Waals surface area contributed by atoms with Gasteiger partial charge in [-0.05, 0) is 32.0 Å². The predicted octanol–water partition coefficient (Wildman–Crippen LogP) is 1.11. The second-order valence-electron chi connectivity index (χ2n) is 6.45. The van der Waals surface area contributed by atoms with E-state index in [9.17, 15) is 4.79 Å². The van der Waals surface area contributed by atoms with E-state index in [1.165, 1.54) is 0 Å². The first-order chi connectivity index (χ1) is 11.6. The molecular weight excluding hydrogens is 306 g/mol. The van der Waals surface area contributed by atoms with E-state index in [-0.39, 0.29) is 11.4 Å². The van der Waals surface area contributed by atoms with E-state index in [1.807, 2.05) is 12.3 Å². The number of hydrogen-bond donors (Lipinski definition) is 1. The van der Waals surface area contributed by atoms with E-state index in [2.05, 4.69) is 34.1 Å². The third-order valence-electron chi connectivity index (χ3n) is 4.30. The number of hydrogen-bond acceptors (Lipinski definition) is 5. The summed E-state index contributed by atoms with van der Waals surface area (Å²) in [5, 5.41) is 7.13. The third-order valence-corrected chi connectivity index (χ3v) is 4.30. The molecule has 1 aliphatic rings. The molecule has 1 aliphatic heterocycles. The van der Waals surface area contributed by atoms with Gasteiger partial charge < -0.3 is 10.1 Å². The molecule has 1 fully saturated rings. The largest absolute Gasteiger partial charge is 0.379 e. The number of morpholine rings is 1. The van der Waals surface area contributed by atoms with E-state index in [4.69, 9.17) is 4.74 Å². The highest BCUT2D eigenvalue weighted by atomic mass is 16.5.